The van der Waals surface area contributed by atoms with E-state index in [1.165, 1.54) is 22.7 Å². The highest BCUT2D eigenvalue weighted by Crippen LogP contribution is 2.22. The summed E-state index contributed by atoms with van der Waals surface area (Å²) < 4.78 is 0. The van der Waals surface area contributed by atoms with E-state index in [9.17, 15) is 9.59 Å². The van der Waals surface area contributed by atoms with Gasteiger partial charge in [0.05, 0.1) is 17.0 Å². The highest BCUT2D eigenvalue weighted by atomic mass is 32.2. The standard InChI is InChI=1S/C15H15NO3S2/c1-10-4-2-6-12(15(18)19)14(10)16-13(17)9-20-8-11-5-3-7-21-11/h2-7H,8-9H2,1H3,(H,16,17)(H,18,19). The molecule has 1 aromatic carbocycles. The van der Waals surface area contributed by atoms with Gasteiger partial charge in [-0.1, -0.05) is 18.2 Å². The van der Waals surface area contributed by atoms with Gasteiger partial charge in [0, 0.05) is 10.6 Å². The predicted octanol–water partition coefficient (Wildman–Crippen LogP) is 3.63. The van der Waals surface area contributed by atoms with E-state index >= 15 is 0 Å². The summed E-state index contributed by atoms with van der Waals surface area (Å²) in [5, 5.41) is 13.9. The van der Waals surface area contributed by atoms with Crippen LogP contribution in [-0.2, 0) is 10.5 Å². The molecule has 0 radical (unpaired) electrons. The molecule has 21 heavy (non-hydrogen) atoms. The third kappa shape index (κ3) is 4.34. The van der Waals surface area contributed by atoms with Gasteiger partial charge in [-0.25, -0.2) is 4.79 Å². The molecule has 110 valence electrons. The molecule has 0 atom stereocenters. The molecule has 0 aliphatic rings. The number of carbonyl (C=O) groups excluding carboxylic acids is 1. The van der Waals surface area contributed by atoms with Crippen molar-refractivity contribution in [3.05, 3.63) is 51.7 Å². The first-order valence-electron chi connectivity index (χ1n) is 6.31. The maximum atomic E-state index is 11.9. The Hall–Kier alpha value is -1.79. The van der Waals surface area contributed by atoms with Crippen LogP contribution in [0.25, 0.3) is 0 Å². The smallest absolute Gasteiger partial charge is 0.337 e. The van der Waals surface area contributed by atoms with Crippen molar-refractivity contribution in [2.24, 2.45) is 0 Å². The number of thiophene rings is 1. The summed E-state index contributed by atoms with van der Waals surface area (Å²) in [4.78, 5) is 24.3. The Morgan fingerprint density at radius 3 is 2.76 bits per heavy atom. The fraction of sp³-hybridized carbons (Fsp3) is 0.200. The van der Waals surface area contributed by atoms with Crippen molar-refractivity contribution in [2.75, 3.05) is 11.1 Å². The lowest BCUT2D eigenvalue weighted by atomic mass is 10.1. The number of carboxylic acid groups (broad SMARTS) is 1. The molecule has 0 aliphatic carbocycles. The van der Waals surface area contributed by atoms with Gasteiger partial charge in [-0.05, 0) is 30.0 Å². The molecule has 1 aromatic heterocycles. The summed E-state index contributed by atoms with van der Waals surface area (Å²) in [5.74, 6) is -0.149. The number of benzene rings is 1. The Kier molecular flexibility index (Phi) is 5.41. The van der Waals surface area contributed by atoms with Crippen molar-refractivity contribution >= 4 is 40.7 Å². The lowest BCUT2D eigenvalue weighted by molar-refractivity contribution is -0.113. The van der Waals surface area contributed by atoms with E-state index in [0.29, 0.717) is 11.4 Å². The summed E-state index contributed by atoms with van der Waals surface area (Å²) in [5.41, 5.74) is 1.24. The van der Waals surface area contributed by atoms with E-state index in [0.717, 1.165) is 11.3 Å². The Morgan fingerprint density at radius 1 is 1.29 bits per heavy atom. The molecule has 4 nitrogen and oxygen atoms in total. The van der Waals surface area contributed by atoms with Gasteiger partial charge in [-0.3, -0.25) is 4.79 Å². The average molecular weight is 321 g/mol. The minimum absolute atomic E-state index is 0.117. The molecule has 0 spiro atoms. The third-order valence-corrected chi connectivity index (χ3v) is 4.87. The van der Waals surface area contributed by atoms with Gasteiger partial charge in [-0.15, -0.1) is 23.1 Å². The first-order chi connectivity index (χ1) is 10.1. The SMILES string of the molecule is Cc1cccc(C(=O)O)c1NC(=O)CSCc1cccs1. The molecule has 2 aromatic rings. The summed E-state index contributed by atoms with van der Waals surface area (Å²) in [6, 6.07) is 8.94. The third-order valence-electron chi connectivity index (χ3n) is 2.83. The van der Waals surface area contributed by atoms with Gasteiger partial charge >= 0.3 is 5.97 Å². The molecule has 0 saturated carbocycles. The van der Waals surface area contributed by atoms with Crippen LogP contribution in [0.4, 0.5) is 5.69 Å². The van der Waals surface area contributed by atoms with E-state index in [1.807, 2.05) is 17.5 Å². The molecule has 1 heterocycles. The average Bonchev–Trinajstić information content (AvgIpc) is 2.94. The first-order valence-corrected chi connectivity index (χ1v) is 8.34. The lowest BCUT2D eigenvalue weighted by Gasteiger charge is -2.11. The van der Waals surface area contributed by atoms with Gasteiger partial charge < -0.3 is 10.4 Å². The molecule has 6 heteroatoms. The number of hydrogen-bond donors (Lipinski definition) is 2. The van der Waals surface area contributed by atoms with E-state index < -0.39 is 5.97 Å². The largest absolute Gasteiger partial charge is 0.478 e. The fourth-order valence-corrected chi connectivity index (χ4v) is 3.49. The second kappa shape index (κ2) is 7.28. The molecule has 0 unspecified atom stereocenters. The van der Waals surface area contributed by atoms with E-state index in [1.54, 1.807) is 30.4 Å². The number of aromatic carboxylic acids is 1. The molecule has 2 N–H and O–H groups in total. The summed E-state index contributed by atoms with van der Waals surface area (Å²) >= 11 is 3.17. The van der Waals surface area contributed by atoms with Crippen LogP contribution in [0.2, 0.25) is 0 Å². The van der Waals surface area contributed by atoms with Crippen LogP contribution in [0.15, 0.2) is 35.7 Å². The second-order valence-electron chi connectivity index (χ2n) is 4.42. The molecule has 2 rings (SSSR count). The molecule has 0 bridgehead atoms. The Bertz CT molecular complexity index is 638. The molecule has 0 fully saturated rings. The second-order valence-corrected chi connectivity index (χ2v) is 6.44. The minimum Gasteiger partial charge on any atom is -0.478 e. The van der Waals surface area contributed by atoms with E-state index in [4.69, 9.17) is 5.11 Å². The number of anilines is 1. The molecular weight excluding hydrogens is 306 g/mol. The Labute approximate surface area is 131 Å². The van der Waals surface area contributed by atoms with Gasteiger partial charge in [0.25, 0.3) is 0 Å². The number of rotatable bonds is 6. The van der Waals surface area contributed by atoms with Crippen LogP contribution in [-0.4, -0.2) is 22.7 Å². The maximum Gasteiger partial charge on any atom is 0.337 e. The number of para-hydroxylation sites is 1. The number of amides is 1. The highest BCUT2D eigenvalue weighted by Gasteiger charge is 2.14. The van der Waals surface area contributed by atoms with Crippen molar-refractivity contribution in [3.8, 4) is 0 Å². The number of thioether (sulfide) groups is 1. The summed E-state index contributed by atoms with van der Waals surface area (Å²) in [6.07, 6.45) is 0. The van der Waals surface area contributed by atoms with Crippen molar-refractivity contribution in [1.29, 1.82) is 0 Å². The Balaban J connectivity index is 1.95. The van der Waals surface area contributed by atoms with Gasteiger partial charge in [0.1, 0.15) is 0 Å². The number of nitrogens with one attached hydrogen (secondary N) is 1. The zero-order valence-corrected chi connectivity index (χ0v) is 13.1. The van der Waals surface area contributed by atoms with Gasteiger partial charge in [0.2, 0.25) is 5.91 Å². The van der Waals surface area contributed by atoms with Crippen LogP contribution in [0.1, 0.15) is 20.8 Å². The van der Waals surface area contributed by atoms with Crippen LogP contribution in [0.5, 0.6) is 0 Å². The minimum atomic E-state index is -1.04. The van der Waals surface area contributed by atoms with Crippen LogP contribution in [0, 0.1) is 6.92 Å². The molecule has 0 saturated heterocycles. The number of aryl methyl sites for hydroxylation is 1. The van der Waals surface area contributed by atoms with Crippen LogP contribution < -0.4 is 5.32 Å². The zero-order valence-electron chi connectivity index (χ0n) is 11.5. The predicted molar refractivity (Wildman–Crippen MR) is 87.2 cm³/mol. The van der Waals surface area contributed by atoms with Crippen molar-refractivity contribution < 1.29 is 14.7 Å². The topological polar surface area (TPSA) is 66.4 Å². The number of carbonyl (C=O) groups is 2. The van der Waals surface area contributed by atoms with Gasteiger partial charge in [-0.2, -0.15) is 0 Å². The zero-order chi connectivity index (χ0) is 15.2. The molecule has 0 aliphatic heterocycles. The quantitative estimate of drug-likeness (QED) is 0.852. The summed E-state index contributed by atoms with van der Waals surface area (Å²) in [7, 11) is 0. The van der Waals surface area contributed by atoms with Crippen molar-refractivity contribution in [1.82, 2.24) is 0 Å². The molecular formula is C15H15NO3S2. The first kappa shape index (κ1) is 15.6. The van der Waals surface area contributed by atoms with Crippen molar-refractivity contribution in [3.63, 3.8) is 0 Å². The number of hydrogen-bond acceptors (Lipinski definition) is 4. The normalized spacial score (nSPS) is 10.3. The van der Waals surface area contributed by atoms with Crippen molar-refractivity contribution in [2.45, 2.75) is 12.7 Å². The maximum absolute atomic E-state index is 11.9. The van der Waals surface area contributed by atoms with Crippen LogP contribution >= 0.6 is 23.1 Å². The highest BCUT2D eigenvalue weighted by molar-refractivity contribution is 7.99. The summed E-state index contributed by atoms with van der Waals surface area (Å²) in [6.45, 7) is 1.78. The van der Waals surface area contributed by atoms with E-state index in [-0.39, 0.29) is 11.5 Å². The number of carboxylic acids is 1. The molecule has 1 amide bonds. The lowest BCUT2D eigenvalue weighted by Crippen LogP contribution is -2.17. The monoisotopic (exact) mass is 321 g/mol. The fourth-order valence-electron chi connectivity index (χ4n) is 1.83. The Morgan fingerprint density at radius 2 is 2.10 bits per heavy atom. The van der Waals surface area contributed by atoms with E-state index in [2.05, 4.69) is 5.32 Å². The van der Waals surface area contributed by atoms with Gasteiger partial charge in [0.15, 0.2) is 0 Å². The van der Waals surface area contributed by atoms with Crippen LogP contribution in [0.3, 0.4) is 0 Å².